The first-order chi connectivity index (χ1) is 50.2. The molecule has 0 aliphatic heterocycles. The first-order valence-electron chi connectivity index (χ1n) is 40.8. The minimum absolute atomic E-state index is 0.0887. The van der Waals surface area contributed by atoms with Gasteiger partial charge in [-0.25, -0.2) is 9.13 Å². The molecule has 0 rings (SSSR count). The first kappa shape index (κ1) is 98.9. The van der Waals surface area contributed by atoms with E-state index in [0.717, 1.165) is 161 Å². The molecule has 0 aromatic heterocycles. The van der Waals surface area contributed by atoms with Crippen LogP contribution in [0.1, 0.15) is 342 Å². The van der Waals surface area contributed by atoms with Crippen LogP contribution < -0.4 is 0 Å². The van der Waals surface area contributed by atoms with Crippen LogP contribution in [0.3, 0.4) is 0 Å². The van der Waals surface area contributed by atoms with Crippen molar-refractivity contribution in [3.05, 3.63) is 122 Å². The number of aliphatic hydroxyl groups excluding tert-OH is 2. The third-order valence-electron chi connectivity index (χ3n) is 17.1. The first-order valence-corrected chi connectivity index (χ1v) is 43.8. The van der Waals surface area contributed by atoms with Gasteiger partial charge in [0.15, 0.2) is 6.10 Å². The maximum atomic E-state index is 13.0. The van der Waals surface area contributed by atoms with Gasteiger partial charge in [0, 0.05) is 19.3 Å². The molecule has 0 saturated heterocycles. The molecule has 5 unspecified atom stereocenters. The molecule has 0 saturated carbocycles. The standard InChI is InChI=1S/C85H148O16P2/c1-4-7-10-13-16-19-22-25-28-31-33-34-35-36-37-38-39-40-41-42-43-44-46-49-50-53-56-59-62-65-68-71-83(88)95-74-80(86)75-97-102(91,92)98-76-81(87)77-99-103(93,94)100-79-82(101-85(90)73-70-67-64-61-58-55-52-47-30-27-24-21-18-15-12-9-6-3)78-96-84(89)72-69-66-63-60-57-54-51-48-45-32-29-26-23-20-17-14-11-8-5-2/h9,12,16-21,25-30,33-34,36-37,45,48,80-82,86-87H,4-8,10-11,13-15,22-24,31-32,35,38-44,46-47,49-79H2,1-3H3,(H,91,92)(H,93,94)/b12-9-,19-16-,20-17-,21-18-,28-25-,29-26-,30-27-,34-33-,37-36-,48-45-. The molecular weight excluding hydrogens is 1340 g/mol. The number of hydrogen-bond donors (Lipinski definition) is 4. The average Bonchev–Trinajstić information content (AvgIpc) is 0.936. The molecule has 0 aliphatic rings. The normalized spacial score (nSPS) is 14.6. The number of aliphatic hydroxyl groups is 2. The van der Waals surface area contributed by atoms with E-state index in [1.165, 1.54) is 122 Å². The Morgan fingerprint density at radius 3 is 0.816 bits per heavy atom. The van der Waals surface area contributed by atoms with Crippen LogP contribution in [-0.4, -0.2) is 95.9 Å². The van der Waals surface area contributed by atoms with Crippen LogP contribution >= 0.6 is 15.6 Å². The summed E-state index contributed by atoms with van der Waals surface area (Å²) < 4.78 is 61.2. The number of ether oxygens (including phenoxy) is 3. The summed E-state index contributed by atoms with van der Waals surface area (Å²) in [6.45, 7) is 2.52. The molecule has 4 N–H and O–H groups in total. The Hall–Kier alpha value is -4.05. The number of unbranched alkanes of at least 4 members (excludes halogenated alkanes) is 34. The van der Waals surface area contributed by atoms with E-state index >= 15 is 0 Å². The summed E-state index contributed by atoms with van der Waals surface area (Å²) in [5, 5.41) is 20.7. The van der Waals surface area contributed by atoms with Crippen LogP contribution in [0.5, 0.6) is 0 Å². The van der Waals surface area contributed by atoms with Crippen molar-refractivity contribution < 1.29 is 75.8 Å². The molecule has 0 fully saturated rings. The Balaban J connectivity index is 4.51. The maximum Gasteiger partial charge on any atom is 0.472 e. The van der Waals surface area contributed by atoms with Gasteiger partial charge < -0.3 is 34.2 Å². The number of carbonyl (C=O) groups excluding carboxylic acids is 3. The van der Waals surface area contributed by atoms with Crippen LogP contribution in [0.25, 0.3) is 0 Å². The van der Waals surface area contributed by atoms with E-state index in [1.54, 1.807) is 0 Å². The van der Waals surface area contributed by atoms with E-state index in [0.29, 0.717) is 19.3 Å². The fourth-order valence-corrected chi connectivity index (χ4v) is 12.5. The van der Waals surface area contributed by atoms with Crippen LogP contribution in [0, 0.1) is 0 Å². The fraction of sp³-hybridized carbons (Fsp3) is 0.729. The van der Waals surface area contributed by atoms with Gasteiger partial charge >= 0.3 is 33.6 Å². The predicted octanol–water partition coefficient (Wildman–Crippen LogP) is 24.1. The van der Waals surface area contributed by atoms with E-state index in [2.05, 4.69) is 142 Å². The van der Waals surface area contributed by atoms with Crippen molar-refractivity contribution in [2.75, 3.05) is 39.6 Å². The highest BCUT2D eigenvalue weighted by Gasteiger charge is 2.29. The Kier molecular flexibility index (Phi) is 74.5. The molecule has 594 valence electrons. The zero-order valence-electron chi connectivity index (χ0n) is 65.0. The molecule has 0 spiro atoms. The lowest BCUT2D eigenvalue weighted by Crippen LogP contribution is -2.30. The number of phosphoric ester groups is 2. The van der Waals surface area contributed by atoms with Crippen molar-refractivity contribution in [1.82, 2.24) is 0 Å². The van der Waals surface area contributed by atoms with Gasteiger partial charge in [0.05, 0.1) is 26.4 Å². The van der Waals surface area contributed by atoms with Crippen molar-refractivity contribution in [3.63, 3.8) is 0 Å². The van der Waals surface area contributed by atoms with Crippen molar-refractivity contribution >= 4 is 33.6 Å². The van der Waals surface area contributed by atoms with Crippen molar-refractivity contribution in [1.29, 1.82) is 0 Å². The summed E-state index contributed by atoms with van der Waals surface area (Å²) in [7, 11) is -9.80. The maximum absolute atomic E-state index is 13.0. The molecule has 16 nitrogen and oxygen atoms in total. The summed E-state index contributed by atoms with van der Waals surface area (Å²) in [6, 6.07) is 0. The molecule has 0 bridgehead atoms. The summed E-state index contributed by atoms with van der Waals surface area (Å²) in [4.78, 5) is 58.7. The van der Waals surface area contributed by atoms with Crippen LogP contribution in [0.15, 0.2) is 122 Å². The van der Waals surface area contributed by atoms with Crippen LogP contribution in [0.2, 0.25) is 0 Å². The highest BCUT2D eigenvalue weighted by Crippen LogP contribution is 2.45. The quantitative estimate of drug-likeness (QED) is 0.0146. The minimum Gasteiger partial charge on any atom is -0.463 e. The van der Waals surface area contributed by atoms with Gasteiger partial charge in [-0.2, -0.15) is 0 Å². The minimum atomic E-state index is -4.94. The van der Waals surface area contributed by atoms with Gasteiger partial charge in [-0.1, -0.05) is 309 Å². The molecule has 103 heavy (non-hydrogen) atoms. The van der Waals surface area contributed by atoms with E-state index in [9.17, 15) is 43.5 Å². The van der Waals surface area contributed by atoms with Gasteiger partial charge in [-0.05, 0) is 135 Å². The second kappa shape index (κ2) is 77.6. The number of carbonyl (C=O) groups is 3. The third-order valence-corrected chi connectivity index (χ3v) is 19.0. The number of esters is 3. The topological polar surface area (TPSA) is 231 Å². The Labute approximate surface area is 627 Å². The Bertz CT molecular complexity index is 2360. The molecule has 0 aliphatic carbocycles. The highest BCUT2D eigenvalue weighted by atomic mass is 31.2. The van der Waals surface area contributed by atoms with E-state index < -0.39 is 91.5 Å². The lowest BCUT2D eigenvalue weighted by Gasteiger charge is -2.21. The summed E-state index contributed by atoms with van der Waals surface area (Å²) in [6.07, 6.45) is 92.4. The highest BCUT2D eigenvalue weighted by molar-refractivity contribution is 7.47. The Morgan fingerprint density at radius 1 is 0.282 bits per heavy atom. The van der Waals surface area contributed by atoms with Gasteiger partial charge in [0.2, 0.25) is 0 Å². The summed E-state index contributed by atoms with van der Waals surface area (Å²) in [5.74, 6) is -1.59. The molecule has 18 heteroatoms. The molecule has 0 radical (unpaired) electrons. The molecular formula is C85H148O16P2. The second-order valence-corrected chi connectivity index (χ2v) is 30.1. The van der Waals surface area contributed by atoms with Crippen LogP contribution in [-0.2, 0) is 55.8 Å². The van der Waals surface area contributed by atoms with Gasteiger partial charge in [0.1, 0.15) is 25.4 Å². The largest absolute Gasteiger partial charge is 0.472 e. The van der Waals surface area contributed by atoms with E-state index in [1.807, 2.05) is 0 Å². The predicted molar refractivity (Wildman–Crippen MR) is 427 cm³/mol. The zero-order chi connectivity index (χ0) is 75.2. The smallest absolute Gasteiger partial charge is 0.463 e. The van der Waals surface area contributed by atoms with Crippen molar-refractivity contribution in [2.45, 2.75) is 360 Å². The molecule has 0 heterocycles. The van der Waals surface area contributed by atoms with Crippen molar-refractivity contribution in [3.8, 4) is 0 Å². The van der Waals surface area contributed by atoms with Gasteiger partial charge in [-0.15, -0.1) is 0 Å². The average molecular weight is 1490 g/mol. The number of hydrogen-bond acceptors (Lipinski definition) is 14. The molecule has 5 atom stereocenters. The molecule has 0 aromatic carbocycles. The Morgan fingerprint density at radius 2 is 0.515 bits per heavy atom. The number of rotatable bonds is 77. The monoisotopic (exact) mass is 1490 g/mol. The summed E-state index contributed by atoms with van der Waals surface area (Å²) >= 11 is 0. The zero-order valence-corrected chi connectivity index (χ0v) is 66.7. The number of allylic oxidation sites excluding steroid dienone is 20. The third kappa shape index (κ3) is 78.8. The molecule has 0 amide bonds. The SMILES string of the molecule is CC/C=C\C/C=C\C/C=C\CCCCCCCCCC(=O)OC(COC(=O)CCCCCCCC/C=C\C/C=C\C/C=C\CCCCC)COP(=O)(O)OCC(O)COP(=O)(O)OCC(O)COC(=O)CCCCCCCCCCCCCCCCC/C=C\C/C=C\C/C=C\C/C=C\CCCCC. The number of phosphoric acid groups is 2. The van der Waals surface area contributed by atoms with Crippen LogP contribution in [0.4, 0.5) is 0 Å². The fourth-order valence-electron chi connectivity index (χ4n) is 10.9. The lowest BCUT2D eigenvalue weighted by atomic mass is 10.0. The summed E-state index contributed by atoms with van der Waals surface area (Å²) in [5.41, 5.74) is 0. The van der Waals surface area contributed by atoms with Crippen molar-refractivity contribution in [2.24, 2.45) is 0 Å². The second-order valence-electron chi connectivity index (χ2n) is 27.2. The van der Waals surface area contributed by atoms with E-state index in [4.69, 9.17) is 32.3 Å². The van der Waals surface area contributed by atoms with Gasteiger partial charge in [0.25, 0.3) is 0 Å². The lowest BCUT2D eigenvalue weighted by molar-refractivity contribution is -0.161. The molecule has 0 aromatic rings. The van der Waals surface area contributed by atoms with Gasteiger partial charge in [-0.3, -0.25) is 32.5 Å². The van der Waals surface area contributed by atoms with E-state index in [-0.39, 0.29) is 19.3 Å².